The molecule has 2 rings (SSSR count). The van der Waals surface area contributed by atoms with E-state index in [-0.39, 0.29) is 43.1 Å². The fourth-order valence-corrected chi connectivity index (χ4v) is 2.12. The topological polar surface area (TPSA) is 100 Å². The third kappa shape index (κ3) is 5.54. The van der Waals surface area contributed by atoms with Crippen LogP contribution in [0.15, 0.2) is 51.6 Å². The summed E-state index contributed by atoms with van der Waals surface area (Å²) in [5, 5.41) is 7.71. The van der Waals surface area contributed by atoms with E-state index in [1.165, 1.54) is 6.07 Å². The van der Waals surface area contributed by atoms with Gasteiger partial charge >= 0.3 is 0 Å². The summed E-state index contributed by atoms with van der Waals surface area (Å²) in [5.74, 6) is -0.840. The van der Waals surface area contributed by atoms with Gasteiger partial charge in [-0.25, -0.2) is 0 Å². The van der Waals surface area contributed by atoms with Crippen LogP contribution in [0.1, 0.15) is 20.9 Å². The number of benzene rings is 1. The maximum atomic E-state index is 11.8. The summed E-state index contributed by atoms with van der Waals surface area (Å²) < 4.78 is 5.57. The molecule has 0 saturated carbocycles. The highest BCUT2D eigenvalue weighted by Gasteiger charge is 2.10. The van der Waals surface area contributed by atoms with Crippen molar-refractivity contribution >= 4 is 33.7 Å². The van der Waals surface area contributed by atoms with Crippen LogP contribution in [0.3, 0.4) is 0 Å². The first kappa shape index (κ1) is 17.7. The van der Waals surface area contributed by atoms with Crippen LogP contribution in [0.2, 0.25) is 0 Å². The number of carbonyl (C=O) groups excluding carboxylic acids is 3. The van der Waals surface area contributed by atoms with E-state index < -0.39 is 0 Å². The number of amides is 3. The van der Waals surface area contributed by atoms with Crippen molar-refractivity contribution in [2.24, 2.45) is 0 Å². The van der Waals surface area contributed by atoms with Crippen LogP contribution < -0.4 is 16.0 Å². The summed E-state index contributed by atoms with van der Waals surface area (Å²) in [7, 11) is 0. The van der Waals surface area contributed by atoms with E-state index in [1.54, 1.807) is 36.4 Å². The minimum Gasteiger partial charge on any atom is -0.444 e. The molecule has 126 valence electrons. The molecule has 0 aliphatic carbocycles. The lowest BCUT2D eigenvalue weighted by molar-refractivity contribution is -0.120. The average molecular weight is 394 g/mol. The number of nitrogens with one attached hydrogen (secondary N) is 3. The molecule has 0 aliphatic rings. The number of carbonyl (C=O) groups is 3. The van der Waals surface area contributed by atoms with Crippen LogP contribution in [0.5, 0.6) is 0 Å². The van der Waals surface area contributed by atoms with Crippen LogP contribution >= 0.6 is 15.9 Å². The Morgan fingerprint density at radius 2 is 1.58 bits per heavy atom. The number of furan rings is 1. The lowest BCUT2D eigenvalue weighted by Gasteiger charge is -2.07. The highest BCUT2D eigenvalue weighted by Crippen LogP contribution is 2.13. The molecule has 0 unspecified atom stereocenters. The van der Waals surface area contributed by atoms with Gasteiger partial charge in [0.15, 0.2) is 10.4 Å². The summed E-state index contributed by atoms with van der Waals surface area (Å²) in [6.07, 6.45) is 0. The van der Waals surface area contributed by atoms with Gasteiger partial charge in [-0.1, -0.05) is 18.2 Å². The highest BCUT2D eigenvalue weighted by molar-refractivity contribution is 9.10. The van der Waals surface area contributed by atoms with Gasteiger partial charge in [0.05, 0.1) is 6.54 Å². The zero-order valence-electron chi connectivity index (χ0n) is 12.7. The Morgan fingerprint density at radius 1 is 0.875 bits per heavy atom. The van der Waals surface area contributed by atoms with E-state index in [0.29, 0.717) is 10.2 Å². The smallest absolute Gasteiger partial charge is 0.287 e. The van der Waals surface area contributed by atoms with E-state index in [9.17, 15) is 14.4 Å². The second kappa shape index (κ2) is 8.88. The summed E-state index contributed by atoms with van der Waals surface area (Å²) in [6, 6.07) is 11.8. The van der Waals surface area contributed by atoms with Gasteiger partial charge in [0.1, 0.15) is 0 Å². The normalized spacial score (nSPS) is 10.0. The van der Waals surface area contributed by atoms with Gasteiger partial charge in [0.25, 0.3) is 11.8 Å². The average Bonchev–Trinajstić information content (AvgIpc) is 3.03. The molecule has 1 aromatic heterocycles. The molecule has 0 aliphatic heterocycles. The Hall–Kier alpha value is -2.61. The van der Waals surface area contributed by atoms with E-state index in [4.69, 9.17) is 4.42 Å². The summed E-state index contributed by atoms with van der Waals surface area (Å²) in [5.41, 5.74) is 0.488. The maximum Gasteiger partial charge on any atom is 0.287 e. The zero-order chi connectivity index (χ0) is 17.4. The van der Waals surface area contributed by atoms with Gasteiger partial charge in [-0.2, -0.15) is 0 Å². The molecule has 2 aromatic rings. The van der Waals surface area contributed by atoms with Crippen molar-refractivity contribution in [3.8, 4) is 0 Å². The first-order valence-corrected chi connectivity index (χ1v) is 7.99. The van der Waals surface area contributed by atoms with Gasteiger partial charge in [-0.05, 0) is 40.2 Å². The molecule has 24 heavy (non-hydrogen) atoms. The fraction of sp³-hybridized carbons (Fsp3) is 0.188. The molecule has 0 spiro atoms. The summed E-state index contributed by atoms with van der Waals surface area (Å²) in [4.78, 5) is 35.1. The monoisotopic (exact) mass is 393 g/mol. The number of hydrogen-bond donors (Lipinski definition) is 3. The lowest BCUT2D eigenvalue weighted by atomic mass is 10.2. The Kier molecular flexibility index (Phi) is 6.56. The molecule has 7 nitrogen and oxygen atoms in total. The van der Waals surface area contributed by atoms with Gasteiger partial charge in [-0.15, -0.1) is 0 Å². The molecular formula is C16H16BrN3O4. The Morgan fingerprint density at radius 3 is 2.25 bits per heavy atom. The second-order valence-corrected chi connectivity index (χ2v) is 5.54. The largest absolute Gasteiger partial charge is 0.444 e. The van der Waals surface area contributed by atoms with Crippen molar-refractivity contribution in [2.75, 3.05) is 19.6 Å². The molecular weight excluding hydrogens is 378 g/mol. The first-order chi connectivity index (χ1) is 11.6. The molecule has 1 aromatic carbocycles. The predicted octanol–water partition coefficient (Wildman–Crippen LogP) is 1.32. The van der Waals surface area contributed by atoms with E-state index in [0.717, 1.165) is 0 Å². The van der Waals surface area contributed by atoms with Crippen LogP contribution in [0.25, 0.3) is 0 Å². The molecule has 0 bridgehead atoms. The Labute approximate surface area is 146 Å². The van der Waals surface area contributed by atoms with Gasteiger partial charge in [0, 0.05) is 18.7 Å². The second-order valence-electron chi connectivity index (χ2n) is 4.76. The summed E-state index contributed by atoms with van der Waals surface area (Å²) >= 11 is 3.11. The summed E-state index contributed by atoms with van der Waals surface area (Å²) in [6.45, 7) is 0.357. The van der Waals surface area contributed by atoms with Crippen molar-refractivity contribution < 1.29 is 18.8 Å². The van der Waals surface area contributed by atoms with Gasteiger partial charge in [-0.3, -0.25) is 14.4 Å². The van der Waals surface area contributed by atoms with Crippen LogP contribution in [-0.4, -0.2) is 37.4 Å². The van der Waals surface area contributed by atoms with Crippen molar-refractivity contribution in [3.05, 3.63) is 58.5 Å². The maximum absolute atomic E-state index is 11.8. The predicted molar refractivity (Wildman–Crippen MR) is 90.5 cm³/mol. The molecule has 0 radical (unpaired) electrons. The molecule has 1 heterocycles. The van der Waals surface area contributed by atoms with Crippen LogP contribution in [-0.2, 0) is 4.79 Å². The minimum absolute atomic E-state index is 0.132. The quantitative estimate of drug-likeness (QED) is 0.617. The van der Waals surface area contributed by atoms with Crippen molar-refractivity contribution in [1.29, 1.82) is 0 Å². The third-order valence-electron chi connectivity index (χ3n) is 2.98. The molecule has 0 fully saturated rings. The van der Waals surface area contributed by atoms with Gasteiger partial charge in [0.2, 0.25) is 5.91 Å². The van der Waals surface area contributed by atoms with Gasteiger partial charge < -0.3 is 20.4 Å². The Bertz CT molecular complexity index is 715. The zero-order valence-corrected chi connectivity index (χ0v) is 14.3. The Balaban J connectivity index is 1.61. The molecule has 0 atom stereocenters. The molecule has 3 amide bonds. The van der Waals surface area contributed by atoms with E-state index in [2.05, 4.69) is 31.9 Å². The van der Waals surface area contributed by atoms with E-state index in [1.807, 2.05) is 0 Å². The SMILES string of the molecule is O=C(CNC(=O)c1ccccc1)NCCNC(=O)c1ccc(Br)o1. The van der Waals surface area contributed by atoms with Crippen molar-refractivity contribution in [2.45, 2.75) is 0 Å². The van der Waals surface area contributed by atoms with Crippen molar-refractivity contribution in [1.82, 2.24) is 16.0 Å². The standard InChI is InChI=1S/C16H16BrN3O4/c17-13-7-6-12(24-13)16(23)19-9-8-18-14(21)10-20-15(22)11-4-2-1-3-5-11/h1-7H,8-10H2,(H,18,21)(H,19,23)(H,20,22). The van der Waals surface area contributed by atoms with Crippen LogP contribution in [0.4, 0.5) is 0 Å². The van der Waals surface area contributed by atoms with Crippen molar-refractivity contribution in [3.63, 3.8) is 0 Å². The minimum atomic E-state index is -0.368. The number of halogens is 1. The lowest BCUT2D eigenvalue weighted by Crippen LogP contribution is -2.40. The molecule has 0 saturated heterocycles. The number of hydrogen-bond acceptors (Lipinski definition) is 4. The first-order valence-electron chi connectivity index (χ1n) is 7.20. The van der Waals surface area contributed by atoms with E-state index >= 15 is 0 Å². The fourth-order valence-electron chi connectivity index (χ4n) is 1.82. The molecule has 8 heteroatoms. The third-order valence-corrected chi connectivity index (χ3v) is 3.40. The molecule has 3 N–H and O–H groups in total. The van der Waals surface area contributed by atoms with Crippen LogP contribution in [0, 0.1) is 0 Å². The highest BCUT2D eigenvalue weighted by atomic mass is 79.9. The number of rotatable bonds is 7.